The van der Waals surface area contributed by atoms with Crippen LogP contribution < -0.4 is 5.32 Å². The van der Waals surface area contributed by atoms with Gasteiger partial charge in [-0.2, -0.15) is 0 Å². The number of carbonyl (C=O) groups is 2. The Hall–Kier alpha value is -3.15. The molecule has 1 amide bonds. The van der Waals surface area contributed by atoms with E-state index in [2.05, 4.69) is 10.3 Å². The molecule has 2 heterocycles. The van der Waals surface area contributed by atoms with Crippen LogP contribution in [0.1, 0.15) is 26.3 Å². The molecule has 6 heteroatoms. The molecule has 0 unspecified atom stereocenters. The van der Waals surface area contributed by atoms with Gasteiger partial charge in [0.15, 0.2) is 0 Å². The van der Waals surface area contributed by atoms with Crippen molar-refractivity contribution in [2.75, 3.05) is 0 Å². The maximum atomic E-state index is 12.1. The van der Waals surface area contributed by atoms with Crippen LogP contribution in [-0.2, 0) is 6.54 Å². The zero-order valence-electron chi connectivity index (χ0n) is 11.6. The SMILES string of the molecule is O=C(O)c1ccc(CNC(=O)c2ccc3nccn3c2)cc1. The van der Waals surface area contributed by atoms with E-state index >= 15 is 0 Å². The van der Waals surface area contributed by atoms with E-state index in [1.54, 1.807) is 47.3 Å². The third-order valence-corrected chi connectivity index (χ3v) is 3.30. The number of nitrogens with one attached hydrogen (secondary N) is 1. The number of aromatic carboxylic acids is 1. The molecular weight excluding hydrogens is 282 g/mol. The summed E-state index contributed by atoms with van der Waals surface area (Å²) < 4.78 is 1.77. The molecule has 0 fully saturated rings. The van der Waals surface area contributed by atoms with Crippen LogP contribution in [0.3, 0.4) is 0 Å². The van der Waals surface area contributed by atoms with Crippen molar-refractivity contribution in [1.82, 2.24) is 14.7 Å². The highest BCUT2D eigenvalue weighted by Crippen LogP contribution is 2.07. The van der Waals surface area contributed by atoms with Gasteiger partial charge < -0.3 is 14.8 Å². The molecule has 2 N–H and O–H groups in total. The fourth-order valence-corrected chi connectivity index (χ4v) is 2.10. The number of fused-ring (bicyclic) bond motifs is 1. The van der Waals surface area contributed by atoms with Gasteiger partial charge in [-0.05, 0) is 29.8 Å². The van der Waals surface area contributed by atoms with Gasteiger partial charge in [0.05, 0.1) is 11.1 Å². The lowest BCUT2D eigenvalue weighted by atomic mass is 10.1. The van der Waals surface area contributed by atoms with Gasteiger partial charge in [-0.1, -0.05) is 12.1 Å². The molecule has 0 bridgehead atoms. The van der Waals surface area contributed by atoms with E-state index < -0.39 is 5.97 Å². The molecule has 22 heavy (non-hydrogen) atoms. The zero-order valence-corrected chi connectivity index (χ0v) is 11.6. The van der Waals surface area contributed by atoms with Crippen molar-refractivity contribution < 1.29 is 14.7 Å². The molecule has 0 radical (unpaired) electrons. The van der Waals surface area contributed by atoms with Crippen LogP contribution in [0.15, 0.2) is 55.0 Å². The highest BCUT2D eigenvalue weighted by atomic mass is 16.4. The lowest BCUT2D eigenvalue weighted by molar-refractivity contribution is 0.0696. The van der Waals surface area contributed by atoms with Crippen LogP contribution in [0.25, 0.3) is 5.65 Å². The number of imidazole rings is 1. The Morgan fingerprint density at radius 1 is 1.09 bits per heavy atom. The maximum absolute atomic E-state index is 12.1. The molecule has 0 saturated carbocycles. The number of aromatic nitrogens is 2. The Kier molecular flexibility index (Phi) is 3.57. The van der Waals surface area contributed by atoms with Gasteiger partial charge in [0.25, 0.3) is 5.91 Å². The summed E-state index contributed by atoms with van der Waals surface area (Å²) in [6.07, 6.45) is 5.16. The second-order valence-corrected chi connectivity index (χ2v) is 4.80. The summed E-state index contributed by atoms with van der Waals surface area (Å²) in [6, 6.07) is 9.89. The number of carboxylic acid groups (broad SMARTS) is 1. The van der Waals surface area contributed by atoms with Crippen molar-refractivity contribution in [3.8, 4) is 0 Å². The zero-order chi connectivity index (χ0) is 15.5. The van der Waals surface area contributed by atoms with Crippen LogP contribution in [0.5, 0.6) is 0 Å². The number of nitrogens with zero attached hydrogens (tertiary/aromatic N) is 2. The number of benzene rings is 1. The van der Waals surface area contributed by atoms with Gasteiger partial charge >= 0.3 is 5.97 Å². The minimum absolute atomic E-state index is 0.196. The molecule has 3 rings (SSSR count). The minimum atomic E-state index is -0.968. The van der Waals surface area contributed by atoms with Crippen molar-refractivity contribution in [2.24, 2.45) is 0 Å². The summed E-state index contributed by atoms with van der Waals surface area (Å²) in [7, 11) is 0. The smallest absolute Gasteiger partial charge is 0.335 e. The summed E-state index contributed by atoms with van der Waals surface area (Å²) >= 11 is 0. The van der Waals surface area contributed by atoms with Gasteiger partial charge in [-0.3, -0.25) is 4.79 Å². The van der Waals surface area contributed by atoms with Gasteiger partial charge in [0.2, 0.25) is 0 Å². The number of carboxylic acids is 1. The third-order valence-electron chi connectivity index (χ3n) is 3.30. The van der Waals surface area contributed by atoms with E-state index in [4.69, 9.17) is 5.11 Å². The first-order chi connectivity index (χ1) is 10.6. The van der Waals surface area contributed by atoms with Crippen LogP contribution in [0.2, 0.25) is 0 Å². The van der Waals surface area contributed by atoms with Gasteiger partial charge in [-0.15, -0.1) is 0 Å². The number of amides is 1. The third kappa shape index (κ3) is 2.80. The van der Waals surface area contributed by atoms with Crippen LogP contribution >= 0.6 is 0 Å². The second kappa shape index (κ2) is 5.69. The molecule has 6 nitrogen and oxygen atoms in total. The Balaban J connectivity index is 1.67. The van der Waals surface area contributed by atoms with Crippen molar-refractivity contribution in [3.63, 3.8) is 0 Å². The molecule has 3 aromatic rings. The lowest BCUT2D eigenvalue weighted by Crippen LogP contribution is -2.23. The van der Waals surface area contributed by atoms with Gasteiger partial charge in [-0.25, -0.2) is 9.78 Å². The van der Waals surface area contributed by atoms with E-state index in [9.17, 15) is 9.59 Å². The Morgan fingerprint density at radius 3 is 2.55 bits per heavy atom. The summed E-state index contributed by atoms with van der Waals surface area (Å²) in [6.45, 7) is 0.334. The summed E-state index contributed by atoms with van der Waals surface area (Å²) in [5.74, 6) is -1.16. The number of hydrogen-bond donors (Lipinski definition) is 2. The van der Waals surface area contributed by atoms with Crippen LogP contribution in [0, 0.1) is 0 Å². The van der Waals surface area contributed by atoms with Gasteiger partial charge in [0.1, 0.15) is 5.65 Å². The largest absolute Gasteiger partial charge is 0.478 e. The topological polar surface area (TPSA) is 83.7 Å². The first-order valence-electron chi connectivity index (χ1n) is 6.66. The second-order valence-electron chi connectivity index (χ2n) is 4.80. The maximum Gasteiger partial charge on any atom is 0.335 e. The van der Waals surface area contributed by atoms with E-state index in [0.717, 1.165) is 11.2 Å². The van der Waals surface area contributed by atoms with Gasteiger partial charge in [0, 0.05) is 25.1 Å². The Labute approximate surface area is 126 Å². The lowest BCUT2D eigenvalue weighted by Gasteiger charge is -2.06. The van der Waals surface area contributed by atoms with Crippen molar-refractivity contribution in [1.29, 1.82) is 0 Å². The Bertz CT molecular complexity index is 837. The molecule has 0 aliphatic heterocycles. The van der Waals surface area contributed by atoms with Crippen molar-refractivity contribution in [3.05, 3.63) is 71.7 Å². The summed E-state index contributed by atoms with van der Waals surface area (Å²) in [5.41, 5.74) is 2.37. The average molecular weight is 295 g/mol. The van der Waals surface area contributed by atoms with Crippen molar-refractivity contribution >= 4 is 17.5 Å². The molecule has 0 saturated heterocycles. The molecular formula is C16H13N3O3. The fourth-order valence-electron chi connectivity index (χ4n) is 2.10. The summed E-state index contributed by atoms with van der Waals surface area (Å²) in [4.78, 5) is 27.0. The number of carbonyl (C=O) groups excluding carboxylic acids is 1. The highest BCUT2D eigenvalue weighted by Gasteiger charge is 2.07. The minimum Gasteiger partial charge on any atom is -0.478 e. The van der Waals surface area contributed by atoms with Crippen molar-refractivity contribution in [2.45, 2.75) is 6.54 Å². The normalized spacial score (nSPS) is 10.5. The number of rotatable bonds is 4. The quantitative estimate of drug-likeness (QED) is 0.770. The Morgan fingerprint density at radius 2 is 1.82 bits per heavy atom. The van der Waals surface area contributed by atoms with E-state index in [1.807, 2.05) is 0 Å². The molecule has 0 aliphatic rings. The predicted molar refractivity (Wildman–Crippen MR) is 79.8 cm³/mol. The summed E-state index contributed by atoms with van der Waals surface area (Å²) in [5, 5.41) is 11.6. The first-order valence-corrected chi connectivity index (χ1v) is 6.66. The first kappa shape index (κ1) is 13.8. The molecule has 2 aromatic heterocycles. The molecule has 1 aromatic carbocycles. The predicted octanol–water partition coefficient (Wildman–Crippen LogP) is 1.96. The number of hydrogen-bond acceptors (Lipinski definition) is 3. The van der Waals surface area contributed by atoms with E-state index in [0.29, 0.717) is 12.1 Å². The molecule has 0 atom stereocenters. The highest BCUT2D eigenvalue weighted by molar-refractivity contribution is 5.94. The van der Waals surface area contributed by atoms with Crippen LogP contribution in [-0.4, -0.2) is 26.4 Å². The monoisotopic (exact) mass is 295 g/mol. The molecule has 0 aliphatic carbocycles. The molecule has 110 valence electrons. The standard InChI is InChI=1S/C16H13N3O3/c20-15(13-5-6-14-17-7-8-19(14)10-13)18-9-11-1-3-12(4-2-11)16(21)22/h1-8,10H,9H2,(H,18,20)(H,21,22). The van der Waals surface area contributed by atoms with Crippen LogP contribution in [0.4, 0.5) is 0 Å². The number of pyridine rings is 1. The van der Waals surface area contributed by atoms with E-state index in [-0.39, 0.29) is 11.5 Å². The molecule has 0 spiro atoms. The van der Waals surface area contributed by atoms with E-state index in [1.165, 1.54) is 12.1 Å². The fraction of sp³-hybridized carbons (Fsp3) is 0.0625. The average Bonchev–Trinajstić information content (AvgIpc) is 3.00.